The van der Waals surface area contributed by atoms with Crippen molar-refractivity contribution in [3.05, 3.63) is 0 Å². The Morgan fingerprint density at radius 2 is 2.12 bits per heavy atom. The molecule has 0 bridgehead atoms. The summed E-state index contributed by atoms with van der Waals surface area (Å²) in [5.74, 6) is 0.297. The lowest BCUT2D eigenvalue weighted by Crippen LogP contribution is -2.62. The van der Waals surface area contributed by atoms with Crippen molar-refractivity contribution in [1.29, 1.82) is 0 Å². The number of rotatable bonds is 5. The van der Waals surface area contributed by atoms with Gasteiger partial charge in [-0.25, -0.2) is 8.42 Å². The highest BCUT2D eigenvalue weighted by Crippen LogP contribution is 2.22. The van der Waals surface area contributed by atoms with Crippen LogP contribution in [-0.4, -0.2) is 56.5 Å². The van der Waals surface area contributed by atoms with Gasteiger partial charge in [0.2, 0.25) is 0 Å². The minimum Gasteiger partial charge on any atom is -0.311 e. The summed E-state index contributed by atoms with van der Waals surface area (Å²) < 4.78 is 22.3. The molecule has 1 fully saturated rings. The zero-order chi connectivity index (χ0) is 13.1. The Bertz CT molecular complexity index is 342. The summed E-state index contributed by atoms with van der Waals surface area (Å²) in [5.41, 5.74) is 0.171. The predicted molar refractivity (Wildman–Crippen MR) is 72.1 cm³/mol. The second-order valence-electron chi connectivity index (χ2n) is 5.56. The maximum absolute atomic E-state index is 11.1. The van der Waals surface area contributed by atoms with Gasteiger partial charge in [-0.15, -0.1) is 0 Å². The van der Waals surface area contributed by atoms with Crippen molar-refractivity contribution in [2.75, 3.05) is 31.6 Å². The van der Waals surface area contributed by atoms with Crippen molar-refractivity contribution in [2.45, 2.75) is 45.2 Å². The second-order valence-corrected chi connectivity index (χ2v) is 7.82. The van der Waals surface area contributed by atoms with Crippen molar-refractivity contribution in [3.63, 3.8) is 0 Å². The quantitative estimate of drug-likeness (QED) is 0.799. The molecule has 2 unspecified atom stereocenters. The highest BCUT2D eigenvalue weighted by molar-refractivity contribution is 7.90. The van der Waals surface area contributed by atoms with Gasteiger partial charge in [0.1, 0.15) is 9.84 Å². The molecule has 1 saturated heterocycles. The Kier molecular flexibility index (Phi) is 4.98. The van der Waals surface area contributed by atoms with Crippen LogP contribution in [0.3, 0.4) is 0 Å². The normalized spacial score (nSPS) is 31.6. The third kappa shape index (κ3) is 4.56. The summed E-state index contributed by atoms with van der Waals surface area (Å²) in [4.78, 5) is 2.44. The number of nitrogens with zero attached hydrogens (tertiary/aromatic N) is 1. The minimum absolute atomic E-state index is 0.171. The van der Waals surface area contributed by atoms with E-state index in [9.17, 15) is 8.42 Å². The third-order valence-corrected chi connectivity index (χ3v) is 4.82. The number of hydrogen-bond acceptors (Lipinski definition) is 4. The fourth-order valence-electron chi connectivity index (χ4n) is 2.35. The summed E-state index contributed by atoms with van der Waals surface area (Å²) in [6, 6.07) is 0.493. The Morgan fingerprint density at radius 3 is 2.65 bits per heavy atom. The molecule has 0 aromatic carbocycles. The molecule has 102 valence electrons. The summed E-state index contributed by atoms with van der Waals surface area (Å²) >= 11 is 0. The molecule has 0 saturated carbocycles. The first-order valence-electron chi connectivity index (χ1n) is 6.43. The number of nitrogens with one attached hydrogen (secondary N) is 1. The maximum atomic E-state index is 11.1. The Labute approximate surface area is 106 Å². The fraction of sp³-hybridized carbons (Fsp3) is 1.00. The number of hydrogen-bond donors (Lipinski definition) is 1. The first kappa shape index (κ1) is 14.9. The molecule has 1 N–H and O–H groups in total. The number of piperazine rings is 1. The Hall–Kier alpha value is -0.130. The Morgan fingerprint density at radius 1 is 1.47 bits per heavy atom. The lowest BCUT2D eigenvalue weighted by Gasteiger charge is -2.47. The molecule has 0 aromatic rings. The van der Waals surface area contributed by atoms with Crippen molar-refractivity contribution >= 4 is 9.84 Å². The molecular weight excluding hydrogens is 236 g/mol. The first-order valence-corrected chi connectivity index (χ1v) is 8.49. The molecule has 5 heteroatoms. The van der Waals surface area contributed by atoms with E-state index in [0.29, 0.717) is 11.8 Å². The van der Waals surface area contributed by atoms with Gasteiger partial charge in [-0.3, -0.25) is 4.90 Å². The molecular formula is C12H26N2O2S. The summed E-state index contributed by atoms with van der Waals surface area (Å²) in [6.45, 7) is 9.51. The summed E-state index contributed by atoms with van der Waals surface area (Å²) in [7, 11) is -2.82. The van der Waals surface area contributed by atoms with Crippen LogP contribution >= 0.6 is 0 Å². The van der Waals surface area contributed by atoms with Crippen molar-refractivity contribution < 1.29 is 8.42 Å². The van der Waals surface area contributed by atoms with E-state index in [0.717, 1.165) is 32.5 Å². The van der Waals surface area contributed by atoms with E-state index in [1.54, 1.807) is 0 Å². The van der Waals surface area contributed by atoms with Crippen LogP contribution in [0.2, 0.25) is 0 Å². The minimum atomic E-state index is -2.82. The van der Waals surface area contributed by atoms with Gasteiger partial charge in [0.05, 0.1) is 5.75 Å². The molecule has 0 aliphatic carbocycles. The van der Waals surface area contributed by atoms with E-state index >= 15 is 0 Å². The fourth-order valence-corrected chi connectivity index (χ4v) is 3.00. The van der Waals surface area contributed by atoms with Gasteiger partial charge >= 0.3 is 0 Å². The van der Waals surface area contributed by atoms with Crippen LogP contribution < -0.4 is 5.32 Å². The van der Waals surface area contributed by atoms with E-state index < -0.39 is 9.84 Å². The highest BCUT2D eigenvalue weighted by Gasteiger charge is 2.34. The number of sulfone groups is 1. The van der Waals surface area contributed by atoms with Gasteiger partial charge < -0.3 is 5.32 Å². The van der Waals surface area contributed by atoms with E-state index in [4.69, 9.17) is 0 Å². The van der Waals surface area contributed by atoms with Crippen LogP contribution in [-0.2, 0) is 9.84 Å². The Balaban J connectivity index is 2.53. The lowest BCUT2D eigenvalue weighted by atomic mass is 9.92. The van der Waals surface area contributed by atoms with Gasteiger partial charge in [0.25, 0.3) is 0 Å². The molecule has 17 heavy (non-hydrogen) atoms. The van der Waals surface area contributed by atoms with Gasteiger partial charge in [0, 0.05) is 30.9 Å². The van der Waals surface area contributed by atoms with Gasteiger partial charge in [-0.05, 0) is 33.2 Å². The lowest BCUT2D eigenvalue weighted by molar-refractivity contribution is 0.0531. The van der Waals surface area contributed by atoms with Crippen LogP contribution in [0.5, 0.6) is 0 Å². The molecule has 4 nitrogen and oxygen atoms in total. The molecule has 0 spiro atoms. The van der Waals surface area contributed by atoms with Crippen LogP contribution in [0.1, 0.15) is 33.6 Å². The molecule has 0 aromatic heterocycles. The highest BCUT2D eigenvalue weighted by atomic mass is 32.2. The second kappa shape index (κ2) is 5.67. The van der Waals surface area contributed by atoms with Gasteiger partial charge in [-0.2, -0.15) is 0 Å². The van der Waals surface area contributed by atoms with Crippen molar-refractivity contribution in [1.82, 2.24) is 10.2 Å². The average molecular weight is 262 g/mol. The van der Waals surface area contributed by atoms with Crippen molar-refractivity contribution in [2.24, 2.45) is 0 Å². The molecule has 1 aliphatic heterocycles. The molecule has 2 atom stereocenters. The van der Waals surface area contributed by atoms with Crippen LogP contribution in [0.15, 0.2) is 0 Å². The molecule has 1 rings (SSSR count). The largest absolute Gasteiger partial charge is 0.311 e. The van der Waals surface area contributed by atoms with Crippen LogP contribution in [0.25, 0.3) is 0 Å². The molecule has 0 amide bonds. The molecule has 1 aliphatic rings. The third-order valence-electron chi connectivity index (χ3n) is 3.79. The predicted octanol–water partition coefficient (Wildman–Crippen LogP) is 0.884. The van der Waals surface area contributed by atoms with E-state index in [2.05, 4.69) is 31.0 Å². The standard InChI is InChI=1S/C12H26N2O2S/c1-5-12(3)10-13-11(2)9-14(12)7-6-8-17(4,15)16/h11,13H,5-10H2,1-4H3. The van der Waals surface area contributed by atoms with E-state index in [-0.39, 0.29) is 5.54 Å². The van der Waals surface area contributed by atoms with Gasteiger partial charge in [-0.1, -0.05) is 6.92 Å². The van der Waals surface area contributed by atoms with Crippen molar-refractivity contribution in [3.8, 4) is 0 Å². The monoisotopic (exact) mass is 262 g/mol. The first-order chi connectivity index (χ1) is 7.77. The van der Waals surface area contributed by atoms with Gasteiger partial charge in [0.15, 0.2) is 0 Å². The maximum Gasteiger partial charge on any atom is 0.147 e. The van der Waals surface area contributed by atoms with Crippen LogP contribution in [0.4, 0.5) is 0 Å². The average Bonchev–Trinajstić information content (AvgIpc) is 2.22. The molecule has 1 heterocycles. The summed E-state index contributed by atoms with van der Waals surface area (Å²) in [5, 5.41) is 3.50. The summed E-state index contributed by atoms with van der Waals surface area (Å²) in [6.07, 6.45) is 3.14. The van der Waals surface area contributed by atoms with E-state index in [1.807, 2.05) is 0 Å². The smallest absolute Gasteiger partial charge is 0.147 e. The zero-order valence-corrected chi connectivity index (χ0v) is 12.3. The topological polar surface area (TPSA) is 49.4 Å². The van der Waals surface area contributed by atoms with E-state index in [1.165, 1.54) is 6.26 Å². The molecule has 0 radical (unpaired) electrons. The zero-order valence-electron chi connectivity index (χ0n) is 11.5. The van der Waals surface area contributed by atoms with Crippen LogP contribution in [0, 0.1) is 0 Å². The SMILES string of the molecule is CCC1(C)CNC(C)CN1CCCS(C)(=O)=O.